The molecule has 0 aromatic heterocycles. The number of hydrogen-bond acceptors (Lipinski definition) is 3. The molecular weight excluding hydrogens is 178 g/mol. The second-order valence-electron chi connectivity index (χ2n) is 3.11. The fourth-order valence-electron chi connectivity index (χ4n) is 0.913. The van der Waals surface area contributed by atoms with Crippen LogP contribution in [0.2, 0.25) is 0 Å². The molecule has 1 aromatic carbocycles. The summed E-state index contributed by atoms with van der Waals surface area (Å²) in [5, 5.41) is 3.76. The molecule has 14 heavy (non-hydrogen) atoms. The largest absolute Gasteiger partial charge is 0.393 e. The number of carbonyl (C=O) groups excluding carboxylic acids is 1. The maximum atomic E-state index is 10.7. The molecule has 0 aliphatic heterocycles. The van der Waals surface area contributed by atoms with Crippen molar-refractivity contribution in [2.24, 2.45) is 5.16 Å². The number of benzene rings is 1. The summed E-state index contributed by atoms with van der Waals surface area (Å²) in [6.07, 6.45) is 0.672. The number of rotatable bonds is 4. The van der Waals surface area contributed by atoms with Crippen LogP contribution in [-0.2, 0) is 9.63 Å². The van der Waals surface area contributed by atoms with Crippen molar-refractivity contribution in [1.82, 2.24) is 0 Å². The van der Waals surface area contributed by atoms with Crippen LogP contribution in [-0.4, -0.2) is 18.1 Å². The highest BCUT2D eigenvalue weighted by atomic mass is 16.6. The Morgan fingerprint density at radius 3 is 2.50 bits per heavy atom. The van der Waals surface area contributed by atoms with Gasteiger partial charge in [-0.1, -0.05) is 35.5 Å². The molecule has 0 N–H and O–H groups in total. The Morgan fingerprint density at radius 2 is 2.00 bits per heavy atom. The smallest absolute Gasteiger partial charge is 0.172 e. The Bertz CT molecular complexity index is 317. The Hall–Kier alpha value is -1.64. The molecule has 0 aliphatic rings. The minimum absolute atomic E-state index is 0.0198. The van der Waals surface area contributed by atoms with Gasteiger partial charge in [0.15, 0.2) is 6.29 Å². The molecule has 0 amide bonds. The third kappa shape index (κ3) is 3.01. The van der Waals surface area contributed by atoms with Gasteiger partial charge >= 0.3 is 0 Å². The second kappa shape index (κ2) is 5.17. The number of hydrogen-bond donors (Lipinski definition) is 0. The molecule has 0 saturated heterocycles. The summed E-state index contributed by atoms with van der Waals surface area (Å²) >= 11 is 0. The van der Waals surface area contributed by atoms with Crippen LogP contribution in [0.15, 0.2) is 35.5 Å². The molecule has 0 aliphatic carbocycles. The minimum Gasteiger partial charge on any atom is -0.393 e. The third-order valence-electron chi connectivity index (χ3n) is 1.54. The summed E-state index contributed by atoms with van der Waals surface area (Å²) in [6.45, 7) is 3.72. The minimum atomic E-state index is -0.0198. The first-order valence-electron chi connectivity index (χ1n) is 4.48. The molecule has 3 nitrogen and oxygen atoms in total. The molecule has 0 saturated carbocycles. The van der Waals surface area contributed by atoms with Crippen molar-refractivity contribution in [2.75, 3.05) is 0 Å². The fraction of sp³-hybridized carbons (Fsp3) is 0.273. The zero-order chi connectivity index (χ0) is 10.4. The van der Waals surface area contributed by atoms with Crippen molar-refractivity contribution in [3.63, 3.8) is 0 Å². The van der Waals surface area contributed by atoms with E-state index in [9.17, 15) is 4.79 Å². The molecule has 0 fully saturated rings. The van der Waals surface area contributed by atoms with Crippen molar-refractivity contribution < 1.29 is 9.63 Å². The zero-order valence-electron chi connectivity index (χ0n) is 8.31. The van der Waals surface area contributed by atoms with Gasteiger partial charge in [-0.15, -0.1) is 0 Å². The van der Waals surface area contributed by atoms with Crippen LogP contribution >= 0.6 is 0 Å². The van der Waals surface area contributed by atoms with E-state index in [1.165, 1.54) is 0 Å². The fourth-order valence-corrected chi connectivity index (χ4v) is 0.913. The van der Waals surface area contributed by atoms with Gasteiger partial charge in [-0.2, -0.15) is 0 Å². The number of aldehydes is 1. The van der Waals surface area contributed by atoms with E-state index in [1.54, 1.807) is 0 Å². The predicted octanol–water partition coefficient (Wildman–Crippen LogP) is 2.01. The summed E-state index contributed by atoms with van der Waals surface area (Å²) in [5.74, 6) is 0. The quantitative estimate of drug-likeness (QED) is 0.415. The topological polar surface area (TPSA) is 38.7 Å². The van der Waals surface area contributed by atoms with Crippen molar-refractivity contribution >= 4 is 12.0 Å². The van der Waals surface area contributed by atoms with Crippen molar-refractivity contribution in [2.45, 2.75) is 20.0 Å². The monoisotopic (exact) mass is 191 g/mol. The predicted molar refractivity (Wildman–Crippen MR) is 55.3 cm³/mol. The maximum absolute atomic E-state index is 10.7. The second-order valence-corrected chi connectivity index (χ2v) is 3.11. The van der Waals surface area contributed by atoms with E-state index in [1.807, 2.05) is 44.2 Å². The third-order valence-corrected chi connectivity index (χ3v) is 1.54. The summed E-state index contributed by atoms with van der Waals surface area (Å²) in [5.41, 5.74) is 1.09. The molecule has 0 atom stereocenters. The first-order chi connectivity index (χ1) is 6.74. The first kappa shape index (κ1) is 10.4. The lowest BCUT2D eigenvalue weighted by Gasteiger charge is -2.03. The lowest BCUT2D eigenvalue weighted by molar-refractivity contribution is -0.102. The van der Waals surface area contributed by atoms with Gasteiger partial charge in [0.2, 0.25) is 0 Å². The van der Waals surface area contributed by atoms with Gasteiger partial charge in [-0.25, -0.2) is 0 Å². The van der Waals surface area contributed by atoms with Crippen LogP contribution in [0.1, 0.15) is 19.4 Å². The van der Waals surface area contributed by atoms with E-state index < -0.39 is 0 Å². The van der Waals surface area contributed by atoms with Gasteiger partial charge < -0.3 is 4.84 Å². The first-order valence-corrected chi connectivity index (χ1v) is 4.48. The number of oxime groups is 1. The van der Waals surface area contributed by atoms with E-state index in [2.05, 4.69) is 5.16 Å². The molecule has 3 heteroatoms. The van der Waals surface area contributed by atoms with Crippen LogP contribution in [0, 0.1) is 0 Å². The van der Waals surface area contributed by atoms with Gasteiger partial charge in [0, 0.05) is 5.56 Å². The van der Waals surface area contributed by atoms with E-state index in [4.69, 9.17) is 4.84 Å². The standard InChI is InChI=1S/C11H13NO2/c1-9(2)14-12-11(8-13)10-6-4-3-5-7-10/h3-9H,1-2H3. The summed E-state index contributed by atoms with van der Waals surface area (Å²) in [4.78, 5) is 15.7. The number of carbonyl (C=O) groups is 1. The Morgan fingerprint density at radius 1 is 1.36 bits per heavy atom. The Labute approximate surface area is 83.4 Å². The summed E-state index contributed by atoms with van der Waals surface area (Å²) < 4.78 is 0. The Balaban J connectivity index is 2.82. The normalized spacial score (nSPS) is 11.5. The van der Waals surface area contributed by atoms with Gasteiger partial charge in [-0.3, -0.25) is 4.79 Å². The number of nitrogens with zero attached hydrogens (tertiary/aromatic N) is 1. The van der Waals surface area contributed by atoms with Crippen LogP contribution in [0.4, 0.5) is 0 Å². The van der Waals surface area contributed by atoms with Crippen LogP contribution in [0.25, 0.3) is 0 Å². The maximum Gasteiger partial charge on any atom is 0.172 e. The van der Waals surface area contributed by atoms with Crippen molar-refractivity contribution in [3.8, 4) is 0 Å². The van der Waals surface area contributed by atoms with E-state index >= 15 is 0 Å². The molecule has 0 radical (unpaired) electrons. The summed E-state index contributed by atoms with van der Waals surface area (Å²) in [6, 6.07) is 9.22. The van der Waals surface area contributed by atoms with Gasteiger partial charge in [0.1, 0.15) is 11.8 Å². The van der Waals surface area contributed by atoms with E-state index in [-0.39, 0.29) is 6.10 Å². The highest BCUT2D eigenvalue weighted by molar-refractivity contribution is 6.36. The average Bonchev–Trinajstić information content (AvgIpc) is 2.20. The Kier molecular flexibility index (Phi) is 3.85. The van der Waals surface area contributed by atoms with Gasteiger partial charge in [0.25, 0.3) is 0 Å². The molecule has 1 rings (SSSR count). The summed E-state index contributed by atoms with van der Waals surface area (Å²) in [7, 11) is 0. The molecule has 0 bridgehead atoms. The van der Waals surface area contributed by atoms with Gasteiger partial charge in [0.05, 0.1) is 0 Å². The van der Waals surface area contributed by atoms with Crippen LogP contribution in [0.5, 0.6) is 0 Å². The van der Waals surface area contributed by atoms with Crippen molar-refractivity contribution in [1.29, 1.82) is 0 Å². The van der Waals surface area contributed by atoms with Crippen LogP contribution in [0.3, 0.4) is 0 Å². The highest BCUT2D eigenvalue weighted by Gasteiger charge is 2.01. The lowest BCUT2D eigenvalue weighted by atomic mass is 10.1. The molecule has 74 valence electrons. The SMILES string of the molecule is CC(C)ON=C(C=O)c1ccccc1. The highest BCUT2D eigenvalue weighted by Crippen LogP contribution is 2.01. The molecule has 0 unspecified atom stereocenters. The van der Waals surface area contributed by atoms with E-state index in [0.717, 1.165) is 5.56 Å². The zero-order valence-corrected chi connectivity index (χ0v) is 8.31. The average molecular weight is 191 g/mol. The molecular formula is C11H13NO2. The lowest BCUT2D eigenvalue weighted by Crippen LogP contribution is -2.06. The molecule has 0 heterocycles. The van der Waals surface area contributed by atoms with Crippen LogP contribution < -0.4 is 0 Å². The van der Waals surface area contributed by atoms with Crippen molar-refractivity contribution in [3.05, 3.63) is 35.9 Å². The molecule has 1 aromatic rings. The van der Waals surface area contributed by atoms with Gasteiger partial charge in [-0.05, 0) is 13.8 Å². The van der Waals surface area contributed by atoms with E-state index in [0.29, 0.717) is 12.0 Å². The molecule has 0 spiro atoms.